The number of likely N-dealkylation sites (tertiary alicyclic amines) is 1. The normalized spacial score (nSPS) is 24.6. The fraction of sp³-hybridized carbons (Fsp3) is 0.933. The van der Waals surface area contributed by atoms with Crippen molar-refractivity contribution in [1.82, 2.24) is 10.2 Å². The van der Waals surface area contributed by atoms with Crippen LogP contribution < -0.4 is 5.32 Å². The quantitative estimate of drug-likeness (QED) is 0.818. The van der Waals surface area contributed by atoms with Gasteiger partial charge in [-0.3, -0.25) is 4.90 Å². The molecule has 0 aliphatic carbocycles. The highest BCUT2D eigenvalue weighted by molar-refractivity contribution is 5.68. The number of nitrogens with one attached hydrogen (secondary N) is 1. The van der Waals surface area contributed by atoms with Gasteiger partial charge in [-0.25, -0.2) is 4.79 Å². The lowest BCUT2D eigenvalue weighted by Crippen LogP contribution is -2.50. The summed E-state index contributed by atoms with van der Waals surface area (Å²) >= 11 is 0. The van der Waals surface area contributed by atoms with Gasteiger partial charge >= 0.3 is 6.09 Å². The third-order valence-electron chi connectivity index (χ3n) is 3.23. The summed E-state index contributed by atoms with van der Waals surface area (Å²) in [4.78, 5) is 13.4. The van der Waals surface area contributed by atoms with Crippen LogP contribution in [0.4, 0.5) is 4.79 Å². The van der Waals surface area contributed by atoms with E-state index < -0.39 is 17.9 Å². The van der Waals surface area contributed by atoms with Gasteiger partial charge in [0.1, 0.15) is 11.8 Å². The SMILES string of the molecule is CC(C)(C)NCC1CCN(C(=O)OC(C)(C)C)C(O)C1. The van der Waals surface area contributed by atoms with E-state index in [1.165, 1.54) is 4.90 Å². The van der Waals surface area contributed by atoms with Gasteiger partial charge in [0, 0.05) is 12.1 Å². The third kappa shape index (κ3) is 6.09. The minimum Gasteiger partial charge on any atom is -0.444 e. The van der Waals surface area contributed by atoms with E-state index in [1.54, 1.807) is 0 Å². The Morgan fingerprint density at radius 2 is 1.90 bits per heavy atom. The second-order valence-corrected chi connectivity index (χ2v) is 7.68. The molecule has 1 saturated heterocycles. The summed E-state index contributed by atoms with van der Waals surface area (Å²) in [7, 11) is 0. The van der Waals surface area contributed by atoms with Crippen LogP contribution in [0.1, 0.15) is 54.4 Å². The molecule has 1 rings (SSSR count). The van der Waals surface area contributed by atoms with Crippen molar-refractivity contribution in [3.63, 3.8) is 0 Å². The van der Waals surface area contributed by atoms with Crippen LogP contribution in [0.25, 0.3) is 0 Å². The van der Waals surface area contributed by atoms with Crippen LogP contribution in [-0.2, 0) is 4.74 Å². The van der Waals surface area contributed by atoms with E-state index >= 15 is 0 Å². The Labute approximate surface area is 122 Å². The minimum absolute atomic E-state index is 0.0766. The molecule has 118 valence electrons. The highest BCUT2D eigenvalue weighted by Crippen LogP contribution is 2.23. The van der Waals surface area contributed by atoms with E-state index in [0.717, 1.165) is 13.0 Å². The number of aliphatic hydroxyl groups is 1. The van der Waals surface area contributed by atoms with Crippen LogP contribution in [0.3, 0.4) is 0 Å². The number of amides is 1. The van der Waals surface area contributed by atoms with Gasteiger partial charge in [-0.15, -0.1) is 0 Å². The molecule has 2 atom stereocenters. The summed E-state index contributed by atoms with van der Waals surface area (Å²) in [6, 6.07) is 0. The molecular weight excluding hydrogens is 256 g/mol. The molecule has 0 bridgehead atoms. The van der Waals surface area contributed by atoms with Gasteiger partial charge in [-0.1, -0.05) is 0 Å². The molecule has 2 N–H and O–H groups in total. The van der Waals surface area contributed by atoms with Crippen LogP contribution in [-0.4, -0.2) is 46.6 Å². The van der Waals surface area contributed by atoms with Gasteiger partial charge in [0.25, 0.3) is 0 Å². The minimum atomic E-state index is -0.745. The second kappa shape index (κ2) is 6.31. The number of carbonyl (C=O) groups is 1. The van der Waals surface area contributed by atoms with Crippen molar-refractivity contribution in [2.75, 3.05) is 13.1 Å². The van der Waals surface area contributed by atoms with Gasteiger partial charge in [0.05, 0.1) is 0 Å². The standard InChI is InChI=1S/C15H30N2O3/c1-14(2,3)16-10-11-7-8-17(12(18)9-11)13(19)20-15(4,5)6/h11-12,16,18H,7-10H2,1-6H3. The van der Waals surface area contributed by atoms with Crippen molar-refractivity contribution in [1.29, 1.82) is 0 Å². The Balaban J connectivity index is 2.45. The summed E-state index contributed by atoms with van der Waals surface area (Å²) in [5, 5.41) is 13.6. The number of nitrogens with zero attached hydrogens (tertiary/aromatic N) is 1. The average Bonchev–Trinajstić information content (AvgIpc) is 2.22. The summed E-state index contributed by atoms with van der Waals surface area (Å²) in [6.07, 6.45) is 0.319. The zero-order chi connectivity index (χ0) is 15.6. The zero-order valence-electron chi connectivity index (χ0n) is 13.7. The van der Waals surface area contributed by atoms with Crippen molar-refractivity contribution >= 4 is 6.09 Å². The van der Waals surface area contributed by atoms with E-state index in [1.807, 2.05) is 20.8 Å². The van der Waals surface area contributed by atoms with Crippen LogP contribution in [0.2, 0.25) is 0 Å². The molecule has 20 heavy (non-hydrogen) atoms. The molecule has 1 aliphatic heterocycles. The number of hydrogen-bond acceptors (Lipinski definition) is 4. The van der Waals surface area contributed by atoms with Crippen LogP contribution in [0.5, 0.6) is 0 Å². The van der Waals surface area contributed by atoms with Gasteiger partial charge in [0.15, 0.2) is 0 Å². The second-order valence-electron chi connectivity index (χ2n) is 7.68. The van der Waals surface area contributed by atoms with Crippen LogP contribution in [0, 0.1) is 5.92 Å². The molecule has 5 heteroatoms. The van der Waals surface area contributed by atoms with E-state index in [9.17, 15) is 9.90 Å². The first-order chi connectivity index (χ1) is 8.98. The molecule has 2 unspecified atom stereocenters. The maximum Gasteiger partial charge on any atom is 0.412 e. The summed E-state index contributed by atoms with van der Waals surface area (Å²) in [6.45, 7) is 13.3. The topological polar surface area (TPSA) is 61.8 Å². The molecule has 5 nitrogen and oxygen atoms in total. The van der Waals surface area contributed by atoms with E-state index in [2.05, 4.69) is 26.1 Å². The number of piperidine rings is 1. The number of aliphatic hydroxyl groups excluding tert-OH is 1. The smallest absolute Gasteiger partial charge is 0.412 e. The molecule has 0 aromatic rings. The molecule has 0 radical (unpaired) electrons. The monoisotopic (exact) mass is 286 g/mol. The lowest BCUT2D eigenvalue weighted by molar-refractivity contribution is -0.0566. The highest BCUT2D eigenvalue weighted by Gasteiger charge is 2.33. The molecule has 1 fully saturated rings. The highest BCUT2D eigenvalue weighted by atomic mass is 16.6. The van der Waals surface area contributed by atoms with Crippen molar-refractivity contribution in [2.24, 2.45) is 5.92 Å². The molecule has 1 amide bonds. The largest absolute Gasteiger partial charge is 0.444 e. The Morgan fingerprint density at radius 1 is 1.30 bits per heavy atom. The maximum atomic E-state index is 12.0. The fourth-order valence-electron chi connectivity index (χ4n) is 2.18. The Morgan fingerprint density at radius 3 is 2.35 bits per heavy atom. The van der Waals surface area contributed by atoms with Crippen LogP contribution >= 0.6 is 0 Å². The average molecular weight is 286 g/mol. The first kappa shape index (κ1) is 17.2. The predicted molar refractivity (Wildman–Crippen MR) is 79.4 cm³/mol. The van der Waals surface area contributed by atoms with Crippen LogP contribution in [0.15, 0.2) is 0 Å². The zero-order valence-corrected chi connectivity index (χ0v) is 13.7. The Kier molecular flexibility index (Phi) is 5.44. The van der Waals surface area contributed by atoms with E-state index in [0.29, 0.717) is 18.9 Å². The van der Waals surface area contributed by atoms with Gasteiger partial charge in [-0.2, -0.15) is 0 Å². The first-order valence-electron chi connectivity index (χ1n) is 7.41. The molecule has 0 aromatic carbocycles. The number of hydrogen-bond donors (Lipinski definition) is 2. The lowest BCUT2D eigenvalue weighted by atomic mass is 9.94. The molecule has 0 aromatic heterocycles. The maximum absolute atomic E-state index is 12.0. The molecule has 0 spiro atoms. The van der Waals surface area contributed by atoms with Gasteiger partial charge in [0.2, 0.25) is 0 Å². The number of ether oxygens (including phenoxy) is 1. The Hall–Kier alpha value is -0.810. The van der Waals surface area contributed by atoms with Crippen molar-refractivity contribution in [3.05, 3.63) is 0 Å². The summed E-state index contributed by atoms with van der Waals surface area (Å²) in [5.74, 6) is 0.392. The van der Waals surface area contributed by atoms with E-state index in [4.69, 9.17) is 4.74 Å². The summed E-state index contributed by atoms with van der Waals surface area (Å²) in [5.41, 5.74) is -0.450. The van der Waals surface area contributed by atoms with Crippen molar-refractivity contribution in [3.8, 4) is 0 Å². The molecule has 1 heterocycles. The predicted octanol–water partition coefficient (Wildman–Crippen LogP) is 2.34. The Bertz CT molecular complexity index is 331. The van der Waals surface area contributed by atoms with Crippen molar-refractivity contribution < 1.29 is 14.6 Å². The van der Waals surface area contributed by atoms with Crippen molar-refractivity contribution in [2.45, 2.75) is 71.8 Å². The lowest BCUT2D eigenvalue weighted by Gasteiger charge is -2.38. The third-order valence-corrected chi connectivity index (χ3v) is 3.23. The van der Waals surface area contributed by atoms with Gasteiger partial charge < -0.3 is 15.2 Å². The molecule has 1 aliphatic rings. The fourth-order valence-corrected chi connectivity index (χ4v) is 2.18. The first-order valence-corrected chi connectivity index (χ1v) is 7.41. The molecule has 0 saturated carbocycles. The number of rotatable bonds is 2. The van der Waals surface area contributed by atoms with E-state index in [-0.39, 0.29) is 5.54 Å². The molecular formula is C15H30N2O3. The summed E-state index contributed by atoms with van der Waals surface area (Å²) < 4.78 is 5.31. The van der Waals surface area contributed by atoms with Gasteiger partial charge in [-0.05, 0) is 66.8 Å². The number of carbonyl (C=O) groups excluding carboxylic acids is 1.